The Morgan fingerprint density at radius 3 is 2.50 bits per heavy atom. The molecule has 0 atom stereocenters. The first-order valence-corrected chi connectivity index (χ1v) is 5.74. The molecule has 1 amide bonds. The number of nitrogens with one attached hydrogen (secondary N) is 2. The number of carbonyl (C=O) groups excluding carboxylic acids is 1. The van der Waals surface area contributed by atoms with Gasteiger partial charge in [-0.2, -0.15) is 0 Å². The molecule has 0 aliphatic carbocycles. The van der Waals surface area contributed by atoms with Gasteiger partial charge >= 0.3 is 0 Å². The Bertz CT molecular complexity index is 532. The molecule has 0 spiro atoms. The van der Waals surface area contributed by atoms with Crippen LogP contribution in [0.3, 0.4) is 0 Å². The summed E-state index contributed by atoms with van der Waals surface area (Å²) in [5.41, 5.74) is 1.47. The molecule has 0 aromatic heterocycles. The van der Waals surface area contributed by atoms with E-state index >= 15 is 0 Å². The van der Waals surface area contributed by atoms with Crippen molar-refractivity contribution in [1.82, 2.24) is 10.6 Å². The van der Waals surface area contributed by atoms with Crippen molar-refractivity contribution in [3.63, 3.8) is 0 Å². The van der Waals surface area contributed by atoms with Crippen LogP contribution in [0.5, 0.6) is 5.75 Å². The van der Waals surface area contributed by atoms with Crippen LogP contribution in [0.25, 0.3) is 6.08 Å². The van der Waals surface area contributed by atoms with Gasteiger partial charge in [-0.15, -0.1) is 0 Å². The van der Waals surface area contributed by atoms with Crippen LogP contribution < -0.4 is 15.4 Å². The molecule has 1 heterocycles. The number of ether oxygens (including phenoxy) is 1. The number of carbonyl (C=O) groups is 1. The molecule has 0 unspecified atom stereocenters. The second kappa shape index (κ2) is 5.46. The lowest BCUT2D eigenvalue weighted by Gasteiger charge is -1.98. The van der Waals surface area contributed by atoms with Gasteiger partial charge in [0.25, 0.3) is 5.91 Å². The van der Waals surface area contributed by atoms with E-state index in [-0.39, 0.29) is 5.91 Å². The highest BCUT2D eigenvalue weighted by Gasteiger charge is 2.18. The van der Waals surface area contributed by atoms with E-state index in [1.54, 1.807) is 19.3 Å². The van der Waals surface area contributed by atoms with Crippen LogP contribution in [0.1, 0.15) is 5.56 Å². The van der Waals surface area contributed by atoms with E-state index < -0.39 is 0 Å². The van der Waals surface area contributed by atoms with Gasteiger partial charge in [0.05, 0.1) is 7.11 Å². The van der Waals surface area contributed by atoms with Crippen LogP contribution in [0.2, 0.25) is 0 Å². The SMILES string of the molecule is COc1ccc(/C=C/C=C2/NC(=S)NC2=O)cc1. The van der Waals surface area contributed by atoms with Crippen molar-refractivity contribution >= 4 is 29.3 Å². The smallest absolute Gasteiger partial charge is 0.273 e. The number of thiocarbonyl (C=S) groups is 1. The molecule has 18 heavy (non-hydrogen) atoms. The average molecular weight is 260 g/mol. The Kier molecular flexibility index (Phi) is 3.74. The van der Waals surface area contributed by atoms with Crippen molar-refractivity contribution in [1.29, 1.82) is 0 Å². The first kappa shape index (κ1) is 12.3. The Balaban J connectivity index is 2.04. The number of rotatable bonds is 3. The molecule has 2 N–H and O–H groups in total. The molecule has 4 nitrogen and oxygen atoms in total. The summed E-state index contributed by atoms with van der Waals surface area (Å²) in [5, 5.41) is 5.60. The van der Waals surface area contributed by atoms with Gasteiger partial charge in [-0.05, 0) is 36.0 Å². The summed E-state index contributed by atoms with van der Waals surface area (Å²) in [4.78, 5) is 11.3. The summed E-state index contributed by atoms with van der Waals surface area (Å²) < 4.78 is 5.07. The predicted octanol–water partition coefficient (Wildman–Crippen LogP) is 1.60. The average Bonchev–Trinajstić information content (AvgIpc) is 2.69. The summed E-state index contributed by atoms with van der Waals surface area (Å²) in [5.74, 6) is 0.604. The normalized spacial score (nSPS) is 17.1. The zero-order chi connectivity index (χ0) is 13.0. The lowest BCUT2D eigenvalue weighted by atomic mass is 10.2. The number of benzene rings is 1. The lowest BCUT2D eigenvalue weighted by Crippen LogP contribution is -2.21. The molecule has 0 radical (unpaired) electrons. The number of hydrogen-bond acceptors (Lipinski definition) is 3. The number of methoxy groups -OCH3 is 1. The van der Waals surface area contributed by atoms with Crippen LogP contribution in [0.15, 0.2) is 42.1 Å². The quantitative estimate of drug-likeness (QED) is 0.640. The first-order valence-electron chi connectivity index (χ1n) is 5.34. The topological polar surface area (TPSA) is 50.4 Å². The van der Waals surface area contributed by atoms with E-state index in [0.29, 0.717) is 10.8 Å². The first-order chi connectivity index (χ1) is 8.69. The summed E-state index contributed by atoms with van der Waals surface area (Å²) in [6.07, 6.45) is 5.36. The van der Waals surface area contributed by atoms with Crippen molar-refractivity contribution in [2.24, 2.45) is 0 Å². The summed E-state index contributed by atoms with van der Waals surface area (Å²) >= 11 is 4.82. The molecule has 1 aliphatic heterocycles. The van der Waals surface area contributed by atoms with E-state index in [1.165, 1.54) is 0 Å². The second-order valence-corrected chi connectivity index (χ2v) is 4.03. The maximum Gasteiger partial charge on any atom is 0.273 e. The van der Waals surface area contributed by atoms with E-state index in [9.17, 15) is 4.79 Å². The zero-order valence-corrected chi connectivity index (χ0v) is 10.6. The van der Waals surface area contributed by atoms with Crippen molar-refractivity contribution < 1.29 is 9.53 Å². The van der Waals surface area contributed by atoms with Crippen LogP contribution >= 0.6 is 12.2 Å². The number of amides is 1. The highest BCUT2D eigenvalue weighted by Crippen LogP contribution is 2.12. The molecular formula is C13H12N2O2S. The molecule has 1 aliphatic rings. The molecule has 0 bridgehead atoms. The molecule has 1 aromatic carbocycles. The van der Waals surface area contributed by atoms with Gasteiger partial charge in [-0.1, -0.05) is 24.3 Å². The molecule has 1 fully saturated rings. The fourth-order valence-electron chi connectivity index (χ4n) is 1.47. The third-order valence-electron chi connectivity index (χ3n) is 2.39. The van der Waals surface area contributed by atoms with Gasteiger partial charge in [0.15, 0.2) is 5.11 Å². The van der Waals surface area contributed by atoms with Crippen molar-refractivity contribution in [3.8, 4) is 5.75 Å². The van der Waals surface area contributed by atoms with Gasteiger partial charge < -0.3 is 10.1 Å². The molecule has 5 heteroatoms. The largest absolute Gasteiger partial charge is 0.497 e. The lowest BCUT2D eigenvalue weighted by molar-refractivity contribution is -0.115. The van der Waals surface area contributed by atoms with Crippen LogP contribution in [-0.2, 0) is 4.79 Å². The standard InChI is InChI=1S/C13H12N2O2S/c1-17-10-7-5-9(6-8-10)3-2-4-11-12(16)15-13(18)14-11/h2-8H,1H3,(H2,14,15,16,18)/b3-2+,11-4+. The molecule has 2 rings (SSSR count). The number of hydrogen-bond donors (Lipinski definition) is 2. The van der Waals surface area contributed by atoms with E-state index in [0.717, 1.165) is 11.3 Å². The van der Waals surface area contributed by atoms with Crippen LogP contribution in [0.4, 0.5) is 0 Å². The maximum absolute atomic E-state index is 11.3. The number of allylic oxidation sites excluding steroid dienone is 2. The van der Waals surface area contributed by atoms with Gasteiger partial charge in [0, 0.05) is 0 Å². The highest BCUT2D eigenvalue weighted by molar-refractivity contribution is 7.80. The Hall–Kier alpha value is -2.14. The minimum Gasteiger partial charge on any atom is -0.497 e. The van der Waals surface area contributed by atoms with Gasteiger partial charge in [0.2, 0.25) is 0 Å². The second-order valence-electron chi connectivity index (χ2n) is 3.62. The Morgan fingerprint density at radius 1 is 1.22 bits per heavy atom. The van der Waals surface area contributed by atoms with Crippen LogP contribution in [-0.4, -0.2) is 18.1 Å². The van der Waals surface area contributed by atoms with Gasteiger partial charge in [-0.25, -0.2) is 0 Å². The minimum absolute atomic E-state index is 0.209. The minimum atomic E-state index is -0.209. The van der Waals surface area contributed by atoms with E-state index in [1.807, 2.05) is 30.3 Å². The van der Waals surface area contributed by atoms with Gasteiger partial charge in [-0.3, -0.25) is 10.1 Å². The third-order valence-corrected chi connectivity index (χ3v) is 2.59. The summed E-state index contributed by atoms with van der Waals surface area (Å²) in [7, 11) is 1.63. The van der Waals surface area contributed by atoms with Crippen LogP contribution in [0, 0.1) is 0 Å². The monoisotopic (exact) mass is 260 g/mol. The van der Waals surface area contributed by atoms with Crippen molar-refractivity contribution in [2.75, 3.05) is 7.11 Å². The molecule has 92 valence electrons. The van der Waals surface area contributed by atoms with E-state index in [4.69, 9.17) is 17.0 Å². The Labute approximate surface area is 110 Å². The Morgan fingerprint density at radius 2 is 1.94 bits per heavy atom. The van der Waals surface area contributed by atoms with Gasteiger partial charge in [0.1, 0.15) is 11.4 Å². The fraction of sp³-hybridized carbons (Fsp3) is 0.0769. The molecular weight excluding hydrogens is 248 g/mol. The van der Waals surface area contributed by atoms with E-state index in [2.05, 4.69) is 10.6 Å². The maximum atomic E-state index is 11.3. The summed E-state index contributed by atoms with van der Waals surface area (Å²) in [6, 6.07) is 7.62. The molecule has 1 saturated heterocycles. The predicted molar refractivity (Wildman–Crippen MR) is 74.0 cm³/mol. The molecule has 0 saturated carbocycles. The highest BCUT2D eigenvalue weighted by atomic mass is 32.1. The zero-order valence-electron chi connectivity index (χ0n) is 9.77. The fourth-order valence-corrected chi connectivity index (χ4v) is 1.67. The summed E-state index contributed by atoms with van der Waals surface area (Å²) in [6.45, 7) is 0. The van der Waals surface area contributed by atoms with Crippen molar-refractivity contribution in [2.45, 2.75) is 0 Å². The molecule has 1 aromatic rings. The third kappa shape index (κ3) is 2.95. The van der Waals surface area contributed by atoms with Crippen molar-refractivity contribution in [3.05, 3.63) is 47.7 Å².